The fourth-order valence-electron chi connectivity index (χ4n) is 5.72. The molecule has 3 aromatic rings. The molecule has 44 heavy (non-hydrogen) atoms. The highest BCUT2D eigenvalue weighted by atomic mass is 35.5. The fourth-order valence-corrected chi connectivity index (χ4v) is 6.29. The van der Waals surface area contributed by atoms with E-state index in [0.29, 0.717) is 37.3 Å². The number of piperidine rings is 1. The molecule has 0 spiro atoms. The lowest BCUT2D eigenvalue weighted by Crippen LogP contribution is -2.51. The first-order chi connectivity index (χ1) is 20.3. The third kappa shape index (κ3) is 7.49. The average molecular weight is 671 g/mol. The van der Waals surface area contributed by atoms with Crippen molar-refractivity contribution >= 4 is 52.4 Å². The molecule has 1 fully saturated rings. The second-order valence-electron chi connectivity index (χ2n) is 13.7. The number of nitrogens with one attached hydrogen (secondary N) is 1. The molecule has 0 aliphatic carbocycles. The Bertz CT molecular complexity index is 1550. The first kappa shape index (κ1) is 34.4. The van der Waals surface area contributed by atoms with Gasteiger partial charge in [-0.3, -0.25) is 14.4 Å². The highest BCUT2D eigenvalue weighted by molar-refractivity contribution is 6.43. The summed E-state index contributed by atoms with van der Waals surface area (Å²) in [4.78, 5) is 20.5. The Morgan fingerprint density at radius 1 is 1.11 bits per heavy atom. The summed E-state index contributed by atoms with van der Waals surface area (Å²) in [5.74, 6) is -1.11. The van der Waals surface area contributed by atoms with Gasteiger partial charge in [-0.2, -0.15) is 5.10 Å². The van der Waals surface area contributed by atoms with Gasteiger partial charge < -0.3 is 10.1 Å². The first-order valence-electron chi connectivity index (χ1n) is 14.6. The number of hydrogen-bond donors (Lipinski definition) is 1. The van der Waals surface area contributed by atoms with Crippen molar-refractivity contribution in [1.29, 1.82) is 0 Å². The summed E-state index contributed by atoms with van der Waals surface area (Å²) in [6.45, 7) is 16.1. The van der Waals surface area contributed by atoms with E-state index in [1.807, 2.05) is 45.4 Å². The zero-order chi connectivity index (χ0) is 32.8. The Hall–Kier alpha value is -2.46. The molecular formula is C32H40Cl3F2N5O2. The number of aromatic nitrogens is 3. The van der Waals surface area contributed by atoms with E-state index >= 15 is 4.39 Å². The maximum atomic E-state index is 15.7. The second-order valence-corrected chi connectivity index (χ2v) is 14.8. The van der Waals surface area contributed by atoms with Gasteiger partial charge >= 0.3 is 5.97 Å². The molecule has 0 amide bonds. The van der Waals surface area contributed by atoms with Gasteiger partial charge in [0.2, 0.25) is 0 Å². The van der Waals surface area contributed by atoms with E-state index in [0.717, 1.165) is 5.69 Å². The van der Waals surface area contributed by atoms with Crippen LogP contribution in [-0.2, 0) is 28.0 Å². The van der Waals surface area contributed by atoms with Crippen molar-refractivity contribution in [2.75, 3.05) is 11.9 Å². The summed E-state index contributed by atoms with van der Waals surface area (Å²) in [6, 6.07) is 6.57. The van der Waals surface area contributed by atoms with Gasteiger partial charge in [0.1, 0.15) is 21.5 Å². The number of benzene rings is 1. The van der Waals surface area contributed by atoms with Gasteiger partial charge in [-0.1, -0.05) is 46.9 Å². The van der Waals surface area contributed by atoms with E-state index in [2.05, 4.69) is 20.3 Å². The zero-order valence-corrected chi connectivity index (χ0v) is 28.7. The highest BCUT2D eigenvalue weighted by Gasteiger charge is 2.47. The zero-order valence-electron chi connectivity index (χ0n) is 26.4. The van der Waals surface area contributed by atoms with Crippen LogP contribution in [0.25, 0.3) is 0 Å². The van der Waals surface area contributed by atoms with Crippen molar-refractivity contribution in [3.05, 3.63) is 67.9 Å². The average Bonchev–Trinajstić information content (AvgIpc) is 3.29. The monoisotopic (exact) mass is 669 g/mol. The third-order valence-corrected chi connectivity index (χ3v) is 8.90. The molecular weight excluding hydrogens is 631 g/mol. The molecule has 1 aliphatic rings. The summed E-state index contributed by atoms with van der Waals surface area (Å²) in [5.41, 5.74) is -0.798. The Morgan fingerprint density at radius 3 is 2.39 bits per heavy atom. The molecule has 0 saturated carbocycles. The summed E-state index contributed by atoms with van der Waals surface area (Å²) in [5, 5.41) is 7.37. The molecule has 7 nitrogen and oxygen atoms in total. The van der Waals surface area contributed by atoms with Crippen molar-refractivity contribution in [1.82, 2.24) is 19.7 Å². The molecule has 1 aromatic carbocycles. The largest absolute Gasteiger partial charge is 0.460 e. The van der Waals surface area contributed by atoms with E-state index in [-0.39, 0.29) is 44.6 Å². The van der Waals surface area contributed by atoms with Gasteiger partial charge in [-0.05, 0) is 80.8 Å². The number of esters is 1. The number of carbonyl (C=O) groups excluding carboxylic acids is 1. The number of aryl methyl sites for hydroxylation is 1. The highest BCUT2D eigenvalue weighted by Crippen LogP contribution is 2.43. The van der Waals surface area contributed by atoms with Crippen LogP contribution in [-0.4, -0.2) is 43.8 Å². The lowest BCUT2D eigenvalue weighted by atomic mass is 9.72. The topological polar surface area (TPSA) is 72.3 Å². The fraction of sp³-hybridized carbons (Fsp3) is 0.531. The molecule has 0 radical (unpaired) electrons. The number of hydrogen-bond acceptors (Lipinski definition) is 6. The molecule has 240 valence electrons. The lowest BCUT2D eigenvalue weighted by molar-refractivity contribution is -0.172. The number of nitrogens with zero attached hydrogens (tertiary/aromatic N) is 4. The Labute approximate surface area is 273 Å². The first-order valence-corrected chi connectivity index (χ1v) is 15.7. The van der Waals surface area contributed by atoms with Crippen LogP contribution in [0.4, 0.5) is 20.4 Å². The van der Waals surface area contributed by atoms with Crippen molar-refractivity contribution < 1.29 is 18.3 Å². The van der Waals surface area contributed by atoms with Crippen LogP contribution in [0.5, 0.6) is 0 Å². The molecule has 12 heteroatoms. The number of rotatable bonds is 7. The minimum absolute atomic E-state index is 0.0127. The van der Waals surface area contributed by atoms with Gasteiger partial charge in [0.05, 0.1) is 21.7 Å². The van der Waals surface area contributed by atoms with Gasteiger partial charge in [0.15, 0.2) is 17.5 Å². The second kappa shape index (κ2) is 12.7. The van der Waals surface area contributed by atoms with Crippen LogP contribution >= 0.6 is 34.8 Å². The summed E-state index contributed by atoms with van der Waals surface area (Å²) in [6.07, 6.45) is 0.579. The molecule has 1 N–H and O–H groups in total. The quantitative estimate of drug-likeness (QED) is 0.253. The van der Waals surface area contributed by atoms with Crippen LogP contribution in [0, 0.1) is 24.0 Å². The molecule has 4 rings (SSSR count). The van der Waals surface area contributed by atoms with Crippen LogP contribution in [0.2, 0.25) is 15.1 Å². The van der Waals surface area contributed by atoms with Gasteiger partial charge in [-0.15, -0.1) is 0 Å². The van der Waals surface area contributed by atoms with Crippen molar-refractivity contribution in [3.63, 3.8) is 0 Å². The van der Waals surface area contributed by atoms with Crippen molar-refractivity contribution in [3.8, 4) is 0 Å². The number of ether oxygens (including phenoxy) is 1. The molecule has 2 atom stereocenters. The van der Waals surface area contributed by atoms with Crippen LogP contribution < -0.4 is 5.32 Å². The Balaban J connectivity index is 1.68. The number of anilines is 2. The SMILES string of the molecule is Cc1cc(Nc2nc(C[C@@]3(C(=O)OC(C)(C)C)CCN(Cc4cccc(Cl)c4F)[C@H](C)C3)c(F)c(Cl)c2Cl)nn1C(C)(C)C. The molecule has 0 bridgehead atoms. The van der Waals surface area contributed by atoms with E-state index < -0.39 is 28.6 Å². The number of pyridine rings is 1. The van der Waals surface area contributed by atoms with Gasteiger partial charge in [-0.25, -0.2) is 13.8 Å². The predicted octanol–water partition coefficient (Wildman–Crippen LogP) is 8.88. The lowest BCUT2D eigenvalue weighted by Gasteiger charge is -2.45. The number of halogens is 5. The van der Waals surface area contributed by atoms with Crippen molar-refractivity contribution in [2.45, 2.75) is 98.4 Å². The minimum Gasteiger partial charge on any atom is -0.460 e. The van der Waals surface area contributed by atoms with E-state index in [1.54, 1.807) is 32.9 Å². The van der Waals surface area contributed by atoms with E-state index in [4.69, 9.17) is 39.5 Å². The third-order valence-electron chi connectivity index (χ3n) is 7.79. The Morgan fingerprint density at radius 2 is 1.80 bits per heavy atom. The van der Waals surface area contributed by atoms with Crippen LogP contribution in [0.1, 0.15) is 78.3 Å². The standard InChI is InChI=1S/C32H40Cl3F2N5O2/c1-18-14-23(40-42(18)30(3,4)5)39-28-25(35)24(34)27(37)22(38-28)16-32(29(43)44-31(6,7)8)12-13-41(19(2)15-32)17-20-10-9-11-21(33)26(20)36/h9-11,14,19H,12-13,15-17H2,1-8H3,(H,38,39,40)/t19-,32-/m1/s1. The predicted molar refractivity (Wildman–Crippen MR) is 172 cm³/mol. The summed E-state index contributed by atoms with van der Waals surface area (Å²) in [7, 11) is 0. The van der Waals surface area contributed by atoms with Gasteiger partial charge in [0.25, 0.3) is 0 Å². The number of likely N-dealkylation sites (tertiary alicyclic amines) is 1. The van der Waals surface area contributed by atoms with Crippen LogP contribution in [0.3, 0.4) is 0 Å². The number of carbonyl (C=O) groups is 1. The minimum atomic E-state index is -1.12. The smallest absolute Gasteiger partial charge is 0.313 e. The normalized spacial score (nSPS) is 19.7. The van der Waals surface area contributed by atoms with E-state index in [1.165, 1.54) is 6.07 Å². The maximum absolute atomic E-state index is 15.7. The Kier molecular flexibility index (Phi) is 9.96. The molecule has 2 aromatic heterocycles. The summed E-state index contributed by atoms with van der Waals surface area (Å²) >= 11 is 18.9. The molecule has 1 aliphatic heterocycles. The van der Waals surface area contributed by atoms with E-state index in [9.17, 15) is 9.18 Å². The molecule has 1 saturated heterocycles. The van der Waals surface area contributed by atoms with Gasteiger partial charge in [0, 0.05) is 36.3 Å². The van der Waals surface area contributed by atoms with Crippen molar-refractivity contribution in [2.24, 2.45) is 5.41 Å². The molecule has 0 unspecified atom stereocenters. The summed E-state index contributed by atoms with van der Waals surface area (Å²) < 4.78 is 38.2. The maximum Gasteiger partial charge on any atom is 0.313 e. The van der Waals surface area contributed by atoms with Crippen LogP contribution in [0.15, 0.2) is 24.3 Å². The molecule has 3 heterocycles.